The van der Waals surface area contributed by atoms with Gasteiger partial charge in [0.2, 0.25) is 0 Å². The normalized spacial score (nSPS) is 14.9. The summed E-state index contributed by atoms with van der Waals surface area (Å²) in [6, 6.07) is 9.60. The molecule has 1 aliphatic rings. The Hall–Kier alpha value is -3.22. The highest BCUT2D eigenvalue weighted by molar-refractivity contribution is 5.98. The van der Waals surface area contributed by atoms with E-state index in [-0.39, 0.29) is 18.1 Å². The van der Waals surface area contributed by atoms with Crippen molar-refractivity contribution in [1.29, 1.82) is 0 Å². The third kappa shape index (κ3) is 4.98. The molecular weight excluding hydrogens is 431 g/mol. The predicted octanol–water partition coefficient (Wildman–Crippen LogP) is 5.28. The largest absolute Gasteiger partial charge is 0.497 e. The molecule has 1 aliphatic heterocycles. The molecule has 3 aromatic rings. The number of piperidine rings is 1. The van der Waals surface area contributed by atoms with Crippen molar-refractivity contribution in [3.8, 4) is 11.4 Å². The molecule has 7 heteroatoms. The van der Waals surface area contributed by atoms with Gasteiger partial charge in [-0.1, -0.05) is 6.07 Å². The topological polar surface area (TPSA) is 60.3 Å². The van der Waals surface area contributed by atoms with Gasteiger partial charge in [-0.3, -0.25) is 4.79 Å². The summed E-state index contributed by atoms with van der Waals surface area (Å²) in [5.41, 5.74) is 3.05. The Morgan fingerprint density at radius 2 is 1.82 bits per heavy atom. The molecule has 2 aromatic heterocycles. The fourth-order valence-electron chi connectivity index (χ4n) is 4.78. The average Bonchev–Trinajstić information content (AvgIpc) is 3.20. The Morgan fingerprint density at radius 3 is 2.41 bits per heavy atom. The van der Waals surface area contributed by atoms with Gasteiger partial charge in [-0.15, -0.1) is 0 Å². The van der Waals surface area contributed by atoms with Gasteiger partial charge in [0.05, 0.1) is 30.3 Å². The van der Waals surface area contributed by atoms with E-state index in [9.17, 15) is 9.18 Å². The number of rotatable bonds is 7. The summed E-state index contributed by atoms with van der Waals surface area (Å²) in [4.78, 5) is 20.0. The molecule has 6 nitrogen and oxygen atoms in total. The van der Waals surface area contributed by atoms with E-state index in [1.54, 1.807) is 38.0 Å². The van der Waals surface area contributed by atoms with Gasteiger partial charge in [0.15, 0.2) is 5.78 Å². The van der Waals surface area contributed by atoms with Gasteiger partial charge in [0.25, 0.3) is 0 Å². The SMILES string of the molecule is COc1ccc(-n2ncc(C(=O)Cc3cnc(N4CCC(C(C)(C)F)CC4)c(C)c3)c2C)cc1. The van der Waals surface area contributed by atoms with E-state index in [2.05, 4.69) is 15.0 Å². The van der Waals surface area contributed by atoms with Crippen LogP contribution in [-0.4, -0.2) is 46.4 Å². The van der Waals surface area contributed by atoms with Gasteiger partial charge in [-0.25, -0.2) is 14.1 Å². The number of carbonyl (C=O) groups is 1. The lowest BCUT2D eigenvalue weighted by Gasteiger charge is -2.37. The van der Waals surface area contributed by atoms with Gasteiger partial charge in [-0.2, -0.15) is 5.10 Å². The number of halogens is 1. The van der Waals surface area contributed by atoms with Crippen molar-refractivity contribution in [2.45, 2.75) is 52.6 Å². The van der Waals surface area contributed by atoms with Gasteiger partial charge >= 0.3 is 0 Å². The van der Waals surface area contributed by atoms with Crippen LogP contribution in [0, 0.1) is 19.8 Å². The van der Waals surface area contributed by atoms with E-state index in [0.717, 1.165) is 60.0 Å². The molecule has 1 saturated heterocycles. The van der Waals surface area contributed by atoms with Crippen molar-refractivity contribution in [3.63, 3.8) is 0 Å². The standard InChI is InChI=1S/C27H33FN4O2/c1-18-14-20(16-29-26(18)31-12-10-21(11-13-31)27(3,4)28)15-25(33)24-17-30-32(19(24)2)22-6-8-23(34-5)9-7-22/h6-9,14,16-17,21H,10-13,15H2,1-5H3. The van der Waals surface area contributed by atoms with Crippen LogP contribution in [0.5, 0.6) is 5.75 Å². The number of alkyl halides is 1. The number of hydrogen-bond donors (Lipinski definition) is 0. The molecule has 0 spiro atoms. The lowest BCUT2D eigenvalue weighted by molar-refractivity contribution is 0.0992. The molecule has 1 fully saturated rings. The molecule has 0 N–H and O–H groups in total. The van der Waals surface area contributed by atoms with Crippen molar-refractivity contribution in [3.05, 3.63) is 65.1 Å². The summed E-state index contributed by atoms with van der Waals surface area (Å²) in [5.74, 6) is 1.79. The lowest BCUT2D eigenvalue weighted by atomic mass is 9.84. The number of hydrogen-bond acceptors (Lipinski definition) is 5. The predicted molar refractivity (Wildman–Crippen MR) is 132 cm³/mol. The summed E-state index contributed by atoms with van der Waals surface area (Å²) >= 11 is 0. The zero-order chi connectivity index (χ0) is 24.5. The molecule has 0 atom stereocenters. The first kappa shape index (κ1) is 23.9. The summed E-state index contributed by atoms with van der Waals surface area (Å²) in [6.45, 7) is 8.87. The lowest BCUT2D eigenvalue weighted by Crippen LogP contribution is -2.40. The molecule has 4 rings (SSSR count). The highest BCUT2D eigenvalue weighted by Gasteiger charge is 2.33. The minimum Gasteiger partial charge on any atom is -0.497 e. The second kappa shape index (κ2) is 9.57. The number of carbonyl (C=O) groups excluding carboxylic acids is 1. The summed E-state index contributed by atoms with van der Waals surface area (Å²) in [7, 11) is 1.63. The first-order chi connectivity index (χ1) is 16.2. The van der Waals surface area contributed by atoms with Crippen molar-refractivity contribution in [2.75, 3.05) is 25.1 Å². The maximum absolute atomic E-state index is 14.3. The number of nitrogens with zero attached hydrogens (tertiary/aromatic N) is 4. The van der Waals surface area contributed by atoms with E-state index in [0.29, 0.717) is 5.56 Å². The second-order valence-corrected chi connectivity index (χ2v) is 9.66. The van der Waals surface area contributed by atoms with E-state index >= 15 is 0 Å². The number of Topliss-reactive ketones (excluding diaryl/α,β-unsaturated/α-hetero) is 1. The highest BCUT2D eigenvalue weighted by Crippen LogP contribution is 2.33. The third-order valence-electron chi connectivity index (χ3n) is 6.86. The van der Waals surface area contributed by atoms with Crippen LogP contribution in [0.2, 0.25) is 0 Å². The van der Waals surface area contributed by atoms with Crippen LogP contribution < -0.4 is 9.64 Å². The van der Waals surface area contributed by atoms with Gasteiger partial charge < -0.3 is 9.64 Å². The van der Waals surface area contributed by atoms with Crippen molar-refractivity contribution in [1.82, 2.24) is 14.8 Å². The third-order valence-corrected chi connectivity index (χ3v) is 6.86. The van der Waals surface area contributed by atoms with Crippen LogP contribution in [0.25, 0.3) is 5.69 Å². The van der Waals surface area contributed by atoms with E-state index < -0.39 is 5.67 Å². The maximum atomic E-state index is 14.3. The molecule has 1 aromatic carbocycles. The summed E-state index contributed by atoms with van der Waals surface area (Å²) < 4.78 is 21.3. The van der Waals surface area contributed by atoms with Crippen molar-refractivity contribution >= 4 is 11.6 Å². The molecule has 0 aliphatic carbocycles. The number of methoxy groups -OCH3 is 1. The summed E-state index contributed by atoms with van der Waals surface area (Å²) in [5, 5.41) is 4.43. The highest BCUT2D eigenvalue weighted by atomic mass is 19.1. The number of ketones is 1. The number of aromatic nitrogens is 3. The smallest absolute Gasteiger partial charge is 0.170 e. The molecule has 0 amide bonds. The van der Waals surface area contributed by atoms with E-state index in [1.165, 1.54) is 0 Å². The molecule has 34 heavy (non-hydrogen) atoms. The van der Waals surface area contributed by atoms with Crippen LogP contribution in [0.1, 0.15) is 53.9 Å². The number of ether oxygens (including phenoxy) is 1. The fraction of sp³-hybridized carbons (Fsp3) is 0.444. The van der Waals surface area contributed by atoms with Gasteiger partial charge in [0.1, 0.15) is 17.2 Å². The Balaban J connectivity index is 1.44. The number of aryl methyl sites for hydroxylation is 1. The molecule has 0 bridgehead atoms. The monoisotopic (exact) mass is 464 g/mol. The van der Waals surface area contributed by atoms with Crippen molar-refractivity contribution in [2.24, 2.45) is 5.92 Å². The first-order valence-electron chi connectivity index (χ1n) is 11.8. The maximum Gasteiger partial charge on any atom is 0.170 e. The molecule has 0 unspecified atom stereocenters. The minimum atomic E-state index is -1.14. The average molecular weight is 465 g/mol. The van der Waals surface area contributed by atoms with Crippen LogP contribution in [0.15, 0.2) is 42.7 Å². The molecular formula is C27H33FN4O2. The van der Waals surface area contributed by atoms with Gasteiger partial charge in [0, 0.05) is 25.7 Å². The Kier molecular flexibility index (Phi) is 6.73. The number of anilines is 1. The minimum absolute atomic E-state index is 0.0113. The number of benzene rings is 1. The van der Waals surface area contributed by atoms with Gasteiger partial charge in [-0.05, 0) is 81.8 Å². The van der Waals surface area contributed by atoms with E-state index in [1.807, 2.05) is 44.2 Å². The van der Waals surface area contributed by atoms with E-state index in [4.69, 9.17) is 4.74 Å². The van der Waals surface area contributed by atoms with Crippen LogP contribution in [-0.2, 0) is 6.42 Å². The second-order valence-electron chi connectivity index (χ2n) is 9.66. The van der Waals surface area contributed by atoms with Crippen LogP contribution in [0.4, 0.5) is 10.2 Å². The number of pyridine rings is 1. The summed E-state index contributed by atoms with van der Waals surface area (Å²) in [6.07, 6.45) is 5.33. The molecule has 180 valence electrons. The van der Waals surface area contributed by atoms with Crippen LogP contribution >= 0.6 is 0 Å². The molecule has 0 saturated carbocycles. The Morgan fingerprint density at radius 1 is 1.15 bits per heavy atom. The van der Waals surface area contributed by atoms with Crippen molar-refractivity contribution < 1.29 is 13.9 Å². The Bertz CT molecular complexity index is 1160. The molecule has 3 heterocycles. The zero-order valence-corrected chi connectivity index (χ0v) is 20.6. The van der Waals surface area contributed by atoms with Crippen LogP contribution in [0.3, 0.4) is 0 Å². The Labute approximate surface area is 200 Å². The quantitative estimate of drug-likeness (QED) is 0.445. The fourth-order valence-corrected chi connectivity index (χ4v) is 4.78. The first-order valence-corrected chi connectivity index (χ1v) is 11.8. The molecule has 0 radical (unpaired) electrons. The zero-order valence-electron chi connectivity index (χ0n) is 20.6.